The molecule has 0 saturated heterocycles. The first-order valence-electron chi connectivity index (χ1n) is 5.06. The zero-order valence-corrected chi connectivity index (χ0v) is 9.84. The Morgan fingerprint density at radius 1 is 1.38 bits per heavy atom. The molecule has 16 heavy (non-hydrogen) atoms. The van der Waals surface area contributed by atoms with Crippen molar-refractivity contribution in [3.8, 4) is 16.5 Å². The molecule has 1 aromatic heterocycles. The van der Waals surface area contributed by atoms with E-state index in [1.165, 1.54) is 10.4 Å². The molecule has 0 aliphatic heterocycles. The first-order valence-corrected chi connectivity index (χ1v) is 5.94. The van der Waals surface area contributed by atoms with E-state index >= 15 is 0 Å². The van der Waals surface area contributed by atoms with Crippen molar-refractivity contribution in [1.82, 2.24) is 5.32 Å². The van der Waals surface area contributed by atoms with Crippen LogP contribution in [-0.4, -0.2) is 7.05 Å². The van der Waals surface area contributed by atoms with Gasteiger partial charge in [0.25, 0.3) is 0 Å². The molecule has 0 unspecified atom stereocenters. The van der Waals surface area contributed by atoms with Crippen molar-refractivity contribution in [2.24, 2.45) is 0 Å². The summed E-state index contributed by atoms with van der Waals surface area (Å²) >= 11 is 1.71. The van der Waals surface area contributed by atoms with Gasteiger partial charge in [0.1, 0.15) is 0 Å². The summed E-state index contributed by atoms with van der Waals surface area (Å²) in [6, 6.07) is 12.0. The van der Waals surface area contributed by atoms with Crippen molar-refractivity contribution in [3.05, 3.63) is 46.8 Å². The van der Waals surface area contributed by atoms with E-state index in [9.17, 15) is 0 Å². The molecule has 1 aromatic carbocycles. The van der Waals surface area contributed by atoms with Crippen LogP contribution in [0.2, 0.25) is 0 Å². The SMILES string of the molecule is CNCc1csc(-c2cccc(C#N)c2)c1. The first-order chi connectivity index (χ1) is 7.83. The zero-order valence-electron chi connectivity index (χ0n) is 9.03. The Morgan fingerprint density at radius 2 is 2.25 bits per heavy atom. The molecule has 3 heteroatoms. The highest BCUT2D eigenvalue weighted by atomic mass is 32.1. The fraction of sp³-hybridized carbons (Fsp3) is 0.154. The molecule has 0 aliphatic rings. The van der Waals surface area contributed by atoms with Gasteiger partial charge in [-0.25, -0.2) is 0 Å². The largest absolute Gasteiger partial charge is 0.316 e. The van der Waals surface area contributed by atoms with Crippen LogP contribution in [0.4, 0.5) is 0 Å². The van der Waals surface area contributed by atoms with Crippen LogP contribution in [0.1, 0.15) is 11.1 Å². The van der Waals surface area contributed by atoms with Gasteiger partial charge in [-0.15, -0.1) is 11.3 Å². The van der Waals surface area contributed by atoms with Crippen LogP contribution in [-0.2, 0) is 6.54 Å². The normalized spacial score (nSPS) is 10.0. The van der Waals surface area contributed by atoms with Crippen LogP contribution in [0.3, 0.4) is 0 Å². The van der Waals surface area contributed by atoms with Crippen molar-refractivity contribution in [2.75, 3.05) is 7.05 Å². The third-order valence-electron chi connectivity index (χ3n) is 2.31. The molecule has 0 atom stereocenters. The summed E-state index contributed by atoms with van der Waals surface area (Å²) in [4.78, 5) is 1.21. The van der Waals surface area contributed by atoms with Gasteiger partial charge < -0.3 is 5.32 Å². The third-order valence-corrected chi connectivity index (χ3v) is 3.34. The molecule has 0 amide bonds. The summed E-state index contributed by atoms with van der Waals surface area (Å²) in [6.07, 6.45) is 0. The van der Waals surface area contributed by atoms with Gasteiger partial charge in [-0.05, 0) is 41.8 Å². The number of nitrogens with one attached hydrogen (secondary N) is 1. The molecule has 0 aliphatic carbocycles. The van der Waals surface area contributed by atoms with E-state index in [1.807, 2.05) is 31.3 Å². The van der Waals surface area contributed by atoms with Crippen LogP contribution in [0.5, 0.6) is 0 Å². The Labute approximate surface area is 99.2 Å². The zero-order chi connectivity index (χ0) is 11.4. The summed E-state index contributed by atoms with van der Waals surface area (Å²) < 4.78 is 0. The first kappa shape index (κ1) is 10.9. The smallest absolute Gasteiger partial charge is 0.0991 e. The average Bonchev–Trinajstić information content (AvgIpc) is 2.78. The van der Waals surface area contributed by atoms with E-state index in [0.717, 1.165) is 12.1 Å². The second-order valence-corrected chi connectivity index (χ2v) is 4.45. The van der Waals surface area contributed by atoms with Crippen LogP contribution >= 0.6 is 11.3 Å². The van der Waals surface area contributed by atoms with Gasteiger partial charge >= 0.3 is 0 Å². The number of nitrogens with zero attached hydrogens (tertiary/aromatic N) is 1. The molecular formula is C13H12N2S. The lowest BCUT2D eigenvalue weighted by Gasteiger charge is -1.97. The molecule has 1 N–H and O–H groups in total. The molecule has 0 radical (unpaired) electrons. The Bertz CT molecular complexity index is 523. The maximum atomic E-state index is 8.84. The Morgan fingerprint density at radius 3 is 3.00 bits per heavy atom. The van der Waals surface area contributed by atoms with E-state index in [0.29, 0.717) is 5.56 Å². The molecule has 0 saturated carbocycles. The van der Waals surface area contributed by atoms with Crippen LogP contribution < -0.4 is 5.32 Å². The van der Waals surface area contributed by atoms with Gasteiger partial charge in [0.15, 0.2) is 0 Å². The molecule has 0 fully saturated rings. The second-order valence-electron chi connectivity index (χ2n) is 3.54. The number of benzene rings is 1. The molecule has 2 aromatic rings. The summed E-state index contributed by atoms with van der Waals surface area (Å²) in [5.41, 5.74) is 3.11. The van der Waals surface area contributed by atoms with Gasteiger partial charge in [-0.1, -0.05) is 12.1 Å². The van der Waals surface area contributed by atoms with E-state index in [-0.39, 0.29) is 0 Å². The summed E-state index contributed by atoms with van der Waals surface area (Å²) in [6.45, 7) is 0.883. The molecule has 1 heterocycles. The fourth-order valence-corrected chi connectivity index (χ4v) is 2.48. The van der Waals surface area contributed by atoms with Gasteiger partial charge in [-0.3, -0.25) is 0 Å². The monoisotopic (exact) mass is 228 g/mol. The summed E-state index contributed by atoms with van der Waals surface area (Å²) in [7, 11) is 1.94. The minimum Gasteiger partial charge on any atom is -0.316 e. The van der Waals surface area contributed by atoms with Gasteiger partial charge in [0.05, 0.1) is 11.6 Å². The molecular weight excluding hydrogens is 216 g/mol. The van der Waals surface area contributed by atoms with Crippen molar-refractivity contribution >= 4 is 11.3 Å². The van der Waals surface area contributed by atoms with Crippen LogP contribution in [0, 0.1) is 11.3 Å². The lowest BCUT2D eigenvalue weighted by Crippen LogP contribution is -2.03. The van der Waals surface area contributed by atoms with Gasteiger partial charge in [-0.2, -0.15) is 5.26 Å². The van der Waals surface area contributed by atoms with Crippen molar-refractivity contribution < 1.29 is 0 Å². The third kappa shape index (κ3) is 2.30. The van der Waals surface area contributed by atoms with E-state index in [1.54, 1.807) is 11.3 Å². The highest BCUT2D eigenvalue weighted by Crippen LogP contribution is 2.27. The highest BCUT2D eigenvalue weighted by molar-refractivity contribution is 7.13. The van der Waals surface area contributed by atoms with Crippen LogP contribution in [0.25, 0.3) is 10.4 Å². The van der Waals surface area contributed by atoms with Gasteiger partial charge in [0.2, 0.25) is 0 Å². The quantitative estimate of drug-likeness (QED) is 0.876. The molecule has 0 bridgehead atoms. The minimum absolute atomic E-state index is 0.709. The van der Waals surface area contributed by atoms with Crippen molar-refractivity contribution in [1.29, 1.82) is 5.26 Å². The predicted octanol–water partition coefficient (Wildman–Crippen LogP) is 3.01. The number of thiophene rings is 1. The van der Waals surface area contributed by atoms with Crippen molar-refractivity contribution in [2.45, 2.75) is 6.54 Å². The molecule has 80 valence electrons. The topological polar surface area (TPSA) is 35.8 Å². The average molecular weight is 228 g/mol. The highest BCUT2D eigenvalue weighted by Gasteiger charge is 2.02. The maximum Gasteiger partial charge on any atom is 0.0991 e. The fourth-order valence-electron chi connectivity index (χ4n) is 1.57. The molecule has 2 rings (SSSR count). The summed E-state index contributed by atoms with van der Waals surface area (Å²) in [5, 5.41) is 14.1. The minimum atomic E-state index is 0.709. The van der Waals surface area contributed by atoms with E-state index in [2.05, 4.69) is 22.8 Å². The van der Waals surface area contributed by atoms with Gasteiger partial charge in [0, 0.05) is 11.4 Å². The Kier molecular flexibility index (Phi) is 3.35. The second kappa shape index (κ2) is 4.93. The Hall–Kier alpha value is -1.63. The Balaban J connectivity index is 2.32. The number of nitriles is 1. The van der Waals surface area contributed by atoms with E-state index in [4.69, 9.17) is 5.26 Å². The lowest BCUT2D eigenvalue weighted by atomic mass is 10.1. The van der Waals surface area contributed by atoms with Crippen molar-refractivity contribution in [3.63, 3.8) is 0 Å². The summed E-state index contributed by atoms with van der Waals surface area (Å²) in [5.74, 6) is 0. The van der Waals surface area contributed by atoms with Crippen LogP contribution in [0.15, 0.2) is 35.7 Å². The number of hydrogen-bond acceptors (Lipinski definition) is 3. The number of rotatable bonds is 3. The number of hydrogen-bond donors (Lipinski definition) is 1. The lowest BCUT2D eigenvalue weighted by molar-refractivity contribution is 0.821. The molecule has 2 nitrogen and oxygen atoms in total. The maximum absolute atomic E-state index is 8.84. The van der Waals surface area contributed by atoms with E-state index < -0.39 is 0 Å². The predicted molar refractivity (Wildman–Crippen MR) is 67.2 cm³/mol. The standard InChI is InChI=1S/C13H12N2S/c1-15-8-11-6-13(16-9-11)12-4-2-3-10(5-12)7-14/h2-6,9,15H,8H2,1H3. The molecule has 0 spiro atoms.